The molecule has 0 atom stereocenters. The zero-order valence-corrected chi connectivity index (χ0v) is 11.5. The van der Waals surface area contributed by atoms with Gasteiger partial charge < -0.3 is 9.47 Å². The standard InChI is InChI=1S/C17H16O3/c1-13(12-17(18)19-2)14-8-10-16(11-9-14)20-15-6-4-3-5-7-15/h3-12H,1-2H3/b13-12+. The molecule has 3 heteroatoms. The number of esters is 1. The molecule has 0 aliphatic rings. The Labute approximate surface area is 118 Å². The van der Waals surface area contributed by atoms with E-state index in [2.05, 4.69) is 4.74 Å². The third-order valence-corrected chi connectivity index (χ3v) is 2.82. The summed E-state index contributed by atoms with van der Waals surface area (Å²) in [7, 11) is 1.36. The molecule has 0 aliphatic heterocycles. The zero-order valence-electron chi connectivity index (χ0n) is 11.5. The van der Waals surface area contributed by atoms with Crippen LogP contribution in [0.2, 0.25) is 0 Å². The summed E-state index contributed by atoms with van der Waals surface area (Å²) in [4.78, 5) is 11.2. The smallest absolute Gasteiger partial charge is 0.330 e. The monoisotopic (exact) mass is 268 g/mol. The average Bonchev–Trinajstić information content (AvgIpc) is 2.49. The van der Waals surface area contributed by atoms with Crippen molar-refractivity contribution in [3.05, 3.63) is 66.2 Å². The lowest BCUT2D eigenvalue weighted by atomic mass is 10.1. The van der Waals surface area contributed by atoms with Gasteiger partial charge in [0, 0.05) is 6.08 Å². The molecule has 2 aromatic carbocycles. The van der Waals surface area contributed by atoms with Crippen molar-refractivity contribution in [3.63, 3.8) is 0 Å². The van der Waals surface area contributed by atoms with E-state index in [0.29, 0.717) is 0 Å². The Morgan fingerprint density at radius 3 is 2.15 bits per heavy atom. The summed E-state index contributed by atoms with van der Waals surface area (Å²) in [5, 5.41) is 0. The van der Waals surface area contributed by atoms with Crippen LogP contribution in [0.4, 0.5) is 0 Å². The number of ether oxygens (including phenoxy) is 2. The van der Waals surface area contributed by atoms with Gasteiger partial charge in [-0.25, -0.2) is 4.79 Å². The highest BCUT2D eigenvalue weighted by molar-refractivity contribution is 5.90. The Balaban J connectivity index is 2.10. The second-order valence-corrected chi connectivity index (χ2v) is 4.29. The molecule has 0 aromatic heterocycles. The molecule has 102 valence electrons. The van der Waals surface area contributed by atoms with E-state index in [4.69, 9.17) is 4.74 Å². The van der Waals surface area contributed by atoms with Crippen molar-refractivity contribution in [2.45, 2.75) is 6.92 Å². The van der Waals surface area contributed by atoms with Gasteiger partial charge >= 0.3 is 5.97 Å². The number of allylic oxidation sites excluding steroid dienone is 1. The number of carbonyl (C=O) groups is 1. The van der Waals surface area contributed by atoms with Crippen molar-refractivity contribution in [1.82, 2.24) is 0 Å². The van der Waals surface area contributed by atoms with Gasteiger partial charge in [0.2, 0.25) is 0 Å². The molecule has 0 heterocycles. The number of rotatable bonds is 4. The third-order valence-electron chi connectivity index (χ3n) is 2.82. The van der Waals surface area contributed by atoms with E-state index in [1.807, 2.05) is 61.5 Å². The maximum absolute atomic E-state index is 11.2. The SMILES string of the molecule is COC(=O)/C=C(\C)c1ccc(Oc2ccccc2)cc1. The summed E-state index contributed by atoms with van der Waals surface area (Å²) < 4.78 is 10.3. The Bertz CT molecular complexity index is 598. The summed E-state index contributed by atoms with van der Waals surface area (Å²) in [6, 6.07) is 17.2. The molecule has 2 rings (SSSR count). The summed E-state index contributed by atoms with van der Waals surface area (Å²) in [6.07, 6.45) is 1.47. The first-order chi connectivity index (χ1) is 9.69. The molecular weight excluding hydrogens is 252 g/mol. The highest BCUT2D eigenvalue weighted by Crippen LogP contribution is 2.23. The Kier molecular flexibility index (Phi) is 4.56. The van der Waals surface area contributed by atoms with Gasteiger partial charge in [0.25, 0.3) is 0 Å². The van der Waals surface area contributed by atoms with Gasteiger partial charge in [-0.1, -0.05) is 30.3 Å². The molecule has 0 radical (unpaired) electrons. The van der Waals surface area contributed by atoms with Gasteiger partial charge in [0.05, 0.1) is 7.11 Å². The van der Waals surface area contributed by atoms with E-state index in [9.17, 15) is 4.79 Å². The summed E-state index contributed by atoms with van der Waals surface area (Å²) in [5.74, 6) is 1.19. The van der Waals surface area contributed by atoms with Gasteiger partial charge in [-0.3, -0.25) is 0 Å². The number of hydrogen-bond acceptors (Lipinski definition) is 3. The lowest BCUT2D eigenvalue weighted by Crippen LogP contribution is -1.95. The first kappa shape index (κ1) is 13.9. The molecule has 0 unspecified atom stereocenters. The van der Waals surface area contributed by atoms with Crippen LogP contribution in [-0.4, -0.2) is 13.1 Å². The second-order valence-electron chi connectivity index (χ2n) is 4.29. The molecule has 0 N–H and O–H groups in total. The van der Waals surface area contributed by atoms with Crippen molar-refractivity contribution in [2.75, 3.05) is 7.11 Å². The van der Waals surface area contributed by atoms with Crippen LogP contribution in [0.3, 0.4) is 0 Å². The number of methoxy groups -OCH3 is 1. The van der Waals surface area contributed by atoms with Gasteiger partial charge in [-0.05, 0) is 42.3 Å². The predicted octanol–water partition coefficient (Wildman–Crippen LogP) is 4.06. The first-order valence-corrected chi connectivity index (χ1v) is 6.28. The molecule has 0 saturated carbocycles. The van der Waals surface area contributed by atoms with Gasteiger partial charge in [-0.15, -0.1) is 0 Å². The minimum Gasteiger partial charge on any atom is -0.466 e. The Hall–Kier alpha value is -2.55. The fourth-order valence-corrected chi connectivity index (χ4v) is 1.73. The van der Waals surface area contributed by atoms with Crippen molar-refractivity contribution < 1.29 is 14.3 Å². The molecular formula is C17H16O3. The van der Waals surface area contributed by atoms with Crippen LogP contribution in [0.1, 0.15) is 12.5 Å². The topological polar surface area (TPSA) is 35.5 Å². The number of hydrogen-bond donors (Lipinski definition) is 0. The van der Waals surface area contributed by atoms with Crippen molar-refractivity contribution in [3.8, 4) is 11.5 Å². The fourth-order valence-electron chi connectivity index (χ4n) is 1.73. The molecule has 0 aliphatic carbocycles. The lowest BCUT2D eigenvalue weighted by Gasteiger charge is -2.07. The number of carbonyl (C=O) groups excluding carboxylic acids is 1. The molecule has 2 aromatic rings. The first-order valence-electron chi connectivity index (χ1n) is 6.28. The van der Waals surface area contributed by atoms with Crippen molar-refractivity contribution in [2.24, 2.45) is 0 Å². The van der Waals surface area contributed by atoms with Crippen LogP contribution < -0.4 is 4.74 Å². The quantitative estimate of drug-likeness (QED) is 0.619. The van der Waals surface area contributed by atoms with Gasteiger partial charge in [0.1, 0.15) is 11.5 Å². The number of benzene rings is 2. The summed E-state index contributed by atoms with van der Waals surface area (Å²) in [6.45, 7) is 1.87. The van der Waals surface area contributed by atoms with Crippen molar-refractivity contribution in [1.29, 1.82) is 0 Å². The normalized spacial score (nSPS) is 11.0. The number of para-hydroxylation sites is 1. The van der Waals surface area contributed by atoms with Crippen LogP contribution in [-0.2, 0) is 9.53 Å². The maximum Gasteiger partial charge on any atom is 0.330 e. The third kappa shape index (κ3) is 3.72. The highest BCUT2D eigenvalue weighted by Gasteiger charge is 2.01. The Morgan fingerprint density at radius 2 is 1.55 bits per heavy atom. The van der Waals surface area contributed by atoms with Crippen LogP contribution in [0.25, 0.3) is 5.57 Å². The fraction of sp³-hybridized carbons (Fsp3) is 0.118. The Morgan fingerprint density at radius 1 is 0.950 bits per heavy atom. The highest BCUT2D eigenvalue weighted by atomic mass is 16.5. The second kappa shape index (κ2) is 6.57. The molecule has 3 nitrogen and oxygen atoms in total. The minimum absolute atomic E-state index is 0.355. The van der Waals surface area contributed by atoms with Crippen molar-refractivity contribution >= 4 is 11.5 Å². The van der Waals surface area contributed by atoms with Crippen LogP contribution in [0.15, 0.2) is 60.7 Å². The van der Waals surface area contributed by atoms with E-state index >= 15 is 0 Å². The van der Waals surface area contributed by atoms with E-state index in [1.165, 1.54) is 13.2 Å². The molecule has 0 saturated heterocycles. The van der Waals surface area contributed by atoms with E-state index < -0.39 is 0 Å². The molecule has 0 fully saturated rings. The molecule has 0 amide bonds. The summed E-state index contributed by atoms with van der Waals surface area (Å²) in [5.41, 5.74) is 1.80. The lowest BCUT2D eigenvalue weighted by molar-refractivity contribution is -0.134. The molecule has 0 spiro atoms. The van der Waals surface area contributed by atoms with E-state index in [1.54, 1.807) is 0 Å². The van der Waals surface area contributed by atoms with Gasteiger partial charge in [0.15, 0.2) is 0 Å². The van der Waals surface area contributed by atoms with Crippen LogP contribution >= 0.6 is 0 Å². The van der Waals surface area contributed by atoms with E-state index in [0.717, 1.165) is 22.6 Å². The van der Waals surface area contributed by atoms with Crippen LogP contribution in [0, 0.1) is 0 Å². The maximum atomic E-state index is 11.2. The molecule has 20 heavy (non-hydrogen) atoms. The molecule has 0 bridgehead atoms. The zero-order chi connectivity index (χ0) is 14.4. The van der Waals surface area contributed by atoms with E-state index in [-0.39, 0.29) is 5.97 Å². The largest absolute Gasteiger partial charge is 0.466 e. The predicted molar refractivity (Wildman–Crippen MR) is 78.6 cm³/mol. The average molecular weight is 268 g/mol. The minimum atomic E-state index is -0.355. The summed E-state index contributed by atoms with van der Waals surface area (Å²) >= 11 is 0. The van der Waals surface area contributed by atoms with Crippen LogP contribution in [0.5, 0.6) is 11.5 Å². The van der Waals surface area contributed by atoms with Gasteiger partial charge in [-0.2, -0.15) is 0 Å².